The van der Waals surface area contributed by atoms with Gasteiger partial charge in [0.25, 0.3) is 5.91 Å². The van der Waals surface area contributed by atoms with Gasteiger partial charge in [0.15, 0.2) is 0 Å². The highest BCUT2D eigenvalue weighted by molar-refractivity contribution is 6.03. The molecule has 2 amide bonds. The third kappa shape index (κ3) is 6.57. The molecule has 0 unspecified atom stereocenters. The zero-order valence-corrected chi connectivity index (χ0v) is 23.2. The molecule has 1 fully saturated rings. The van der Waals surface area contributed by atoms with E-state index < -0.39 is 0 Å². The molecule has 1 saturated carbocycles. The van der Waals surface area contributed by atoms with Crippen LogP contribution in [0.25, 0.3) is 11.1 Å². The maximum Gasteiger partial charge on any atom is 0.274 e. The topological polar surface area (TPSA) is 65.5 Å². The molecule has 40 heavy (non-hydrogen) atoms. The Morgan fingerprint density at radius 3 is 2.15 bits per heavy atom. The Kier molecular flexibility index (Phi) is 8.55. The first kappa shape index (κ1) is 27.1. The average molecular weight is 533 g/mol. The van der Waals surface area contributed by atoms with Crippen molar-refractivity contribution in [1.29, 1.82) is 0 Å². The zero-order valence-electron chi connectivity index (χ0n) is 23.2. The lowest BCUT2D eigenvalue weighted by molar-refractivity contribution is -0.123. The summed E-state index contributed by atoms with van der Waals surface area (Å²) >= 11 is 0. The van der Waals surface area contributed by atoms with E-state index in [1.54, 1.807) is 24.4 Å². The van der Waals surface area contributed by atoms with Gasteiger partial charge in [0.2, 0.25) is 5.91 Å². The van der Waals surface area contributed by atoms with Crippen LogP contribution in [0.15, 0.2) is 97.2 Å². The number of hydrogen-bond donors (Lipinski definition) is 1. The second-order valence-electron chi connectivity index (χ2n) is 10.6. The number of nitrogens with one attached hydrogen (secondary N) is 1. The van der Waals surface area contributed by atoms with Crippen molar-refractivity contribution in [3.63, 3.8) is 0 Å². The molecule has 0 bridgehead atoms. The molecule has 5 rings (SSSR count). The molecule has 3 aromatic carbocycles. The molecule has 0 radical (unpaired) electrons. The molecule has 1 aliphatic carbocycles. The summed E-state index contributed by atoms with van der Waals surface area (Å²) in [5, 5.41) is 2.93. The van der Waals surface area contributed by atoms with Crippen LogP contribution in [0.3, 0.4) is 0 Å². The number of nitrogens with zero attached hydrogens (tertiary/aromatic N) is 3. The van der Waals surface area contributed by atoms with Crippen molar-refractivity contribution in [3.8, 4) is 11.1 Å². The van der Waals surface area contributed by atoms with Crippen LogP contribution in [0.2, 0.25) is 0 Å². The summed E-state index contributed by atoms with van der Waals surface area (Å²) < 4.78 is 0. The fraction of sp³-hybridized carbons (Fsp3) is 0.265. The number of carbonyl (C=O) groups excluding carboxylic acids is 2. The minimum Gasteiger partial charge on any atom is -0.378 e. The summed E-state index contributed by atoms with van der Waals surface area (Å²) in [4.78, 5) is 34.7. The summed E-state index contributed by atoms with van der Waals surface area (Å²) in [5.41, 5.74) is 6.27. The molecular weight excluding hydrogens is 496 g/mol. The van der Waals surface area contributed by atoms with E-state index in [2.05, 4.69) is 63.7 Å². The Bertz CT molecular complexity index is 1430. The van der Waals surface area contributed by atoms with Crippen LogP contribution < -0.4 is 15.1 Å². The fourth-order valence-electron chi connectivity index (χ4n) is 5.25. The first-order chi connectivity index (χ1) is 19.5. The molecule has 1 aliphatic rings. The van der Waals surface area contributed by atoms with Crippen LogP contribution in [0, 0.1) is 5.92 Å². The molecule has 1 aromatic heterocycles. The van der Waals surface area contributed by atoms with Crippen LogP contribution >= 0.6 is 0 Å². The molecule has 0 atom stereocenters. The largest absolute Gasteiger partial charge is 0.378 e. The van der Waals surface area contributed by atoms with Crippen molar-refractivity contribution >= 4 is 28.9 Å². The Morgan fingerprint density at radius 1 is 0.800 bits per heavy atom. The van der Waals surface area contributed by atoms with Crippen molar-refractivity contribution in [2.24, 2.45) is 5.92 Å². The van der Waals surface area contributed by atoms with Crippen molar-refractivity contribution in [2.45, 2.75) is 38.6 Å². The summed E-state index contributed by atoms with van der Waals surface area (Å²) in [6.45, 7) is 0.465. The van der Waals surface area contributed by atoms with E-state index in [1.807, 2.05) is 43.3 Å². The Hall–Kier alpha value is -4.45. The van der Waals surface area contributed by atoms with Crippen molar-refractivity contribution in [2.75, 3.05) is 29.2 Å². The highest BCUT2D eigenvalue weighted by Crippen LogP contribution is 2.30. The fourth-order valence-corrected chi connectivity index (χ4v) is 5.25. The van der Waals surface area contributed by atoms with Gasteiger partial charge in [-0.3, -0.25) is 14.6 Å². The van der Waals surface area contributed by atoms with Gasteiger partial charge in [-0.1, -0.05) is 67.8 Å². The molecular formula is C34H36N4O2. The van der Waals surface area contributed by atoms with E-state index in [4.69, 9.17) is 0 Å². The van der Waals surface area contributed by atoms with E-state index in [-0.39, 0.29) is 17.7 Å². The first-order valence-electron chi connectivity index (χ1n) is 14.0. The van der Waals surface area contributed by atoms with Crippen LogP contribution in [-0.4, -0.2) is 30.9 Å². The van der Waals surface area contributed by atoms with Crippen LogP contribution in [-0.2, 0) is 11.3 Å². The predicted octanol–water partition coefficient (Wildman–Crippen LogP) is 7.18. The Balaban J connectivity index is 1.38. The van der Waals surface area contributed by atoms with E-state index in [0.29, 0.717) is 17.9 Å². The van der Waals surface area contributed by atoms with Crippen molar-refractivity contribution < 1.29 is 9.59 Å². The zero-order chi connectivity index (χ0) is 27.9. The third-order valence-electron chi connectivity index (χ3n) is 7.55. The number of hydrogen-bond acceptors (Lipinski definition) is 4. The van der Waals surface area contributed by atoms with Gasteiger partial charge >= 0.3 is 0 Å². The Morgan fingerprint density at radius 2 is 1.50 bits per heavy atom. The molecule has 6 heteroatoms. The van der Waals surface area contributed by atoms with Gasteiger partial charge in [-0.25, -0.2) is 0 Å². The number of rotatable bonds is 8. The van der Waals surface area contributed by atoms with Crippen LogP contribution in [0.5, 0.6) is 0 Å². The average Bonchev–Trinajstić information content (AvgIpc) is 3.01. The predicted molar refractivity (Wildman–Crippen MR) is 163 cm³/mol. The molecule has 0 spiro atoms. The molecule has 0 saturated heterocycles. The second-order valence-corrected chi connectivity index (χ2v) is 10.6. The van der Waals surface area contributed by atoms with Crippen molar-refractivity contribution in [1.82, 2.24) is 4.98 Å². The third-order valence-corrected chi connectivity index (χ3v) is 7.55. The van der Waals surface area contributed by atoms with Gasteiger partial charge in [-0.2, -0.15) is 0 Å². The van der Waals surface area contributed by atoms with Crippen molar-refractivity contribution in [3.05, 3.63) is 108 Å². The number of aromatic nitrogens is 1. The van der Waals surface area contributed by atoms with E-state index >= 15 is 0 Å². The minimum absolute atomic E-state index is 0.0231. The molecule has 6 nitrogen and oxygen atoms in total. The van der Waals surface area contributed by atoms with Gasteiger partial charge in [0.05, 0.1) is 6.54 Å². The van der Waals surface area contributed by atoms with Gasteiger partial charge in [0, 0.05) is 43.3 Å². The molecule has 1 N–H and O–H groups in total. The molecule has 204 valence electrons. The number of pyridine rings is 1. The summed E-state index contributed by atoms with van der Waals surface area (Å²) in [6, 6.07) is 29.7. The van der Waals surface area contributed by atoms with Crippen LogP contribution in [0.4, 0.5) is 17.1 Å². The monoisotopic (exact) mass is 532 g/mol. The smallest absolute Gasteiger partial charge is 0.274 e. The standard InChI is InChI=1S/C34H36N4O2/c1-37(2)30-20-18-27(19-21-30)26-16-14-25(15-17-26)24-38(34(40)28-9-4-3-5-10-28)31-12-8-11-29(23-31)36-33(39)32-13-6-7-22-35-32/h6-8,11-23,28H,3-5,9-10,24H2,1-2H3,(H,36,39). The Labute approximate surface area is 236 Å². The van der Waals surface area contributed by atoms with Gasteiger partial charge in [-0.05, 0) is 72.0 Å². The number of amides is 2. The molecule has 0 aliphatic heterocycles. The number of carbonyl (C=O) groups is 2. The molecule has 1 heterocycles. The maximum absolute atomic E-state index is 13.9. The lowest BCUT2D eigenvalue weighted by Gasteiger charge is -2.30. The maximum atomic E-state index is 13.9. The summed E-state index contributed by atoms with van der Waals surface area (Å²) in [6.07, 6.45) is 6.81. The van der Waals surface area contributed by atoms with E-state index in [1.165, 1.54) is 6.42 Å². The minimum atomic E-state index is -0.280. The lowest BCUT2D eigenvalue weighted by Crippen LogP contribution is -2.36. The van der Waals surface area contributed by atoms with Gasteiger partial charge < -0.3 is 15.1 Å². The lowest BCUT2D eigenvalue weighted by atomic mass is 9.88. The summed E-state index contributed by atoms with van der Waals surface area (Å²) in [5.74, 6) is -0.108. The highest BCUT2D eigenvalue weighted by Gasteiger charge is 2.27. The SMILES string of the molecule is CN(C)c1ccc(-c2ccc(CN(C(=O)C3CCCCC3)c3cccc(NC(=O)c4ccccn4)c3)cc2)cc1. The summed E-state index contributed by atoms with van der Waals surface area (Å²) in [7, 11) is 4.07. The number of anilines is 3. The van der Waals surface area contributed by atoms with Gasteiger partial charge in [0.1, 0.15) is 5.69 Å². The normalized spacial score (nSPS) is 13.4. The number of benzene rings is 3. The van der Waals surface area contributed by atoms with E-state index in [9.17, 15) is 9.59 Å². The molecule has 4 aromatic rings. The second kappa shape index (κ2) is 12.6. The van der Waals surface area contributed by atoms with Crippen LogP contribution in [0.1, 0.15) is 48.2 Å². The first-order valence-corrected chi connectivity index (χ1v) is 14.0. The van der Waals surface area contributed by atoms with E-state index in [0.717, 1.165) is 53.7 Å². The quantitative estimate of drug-likeness (QED) is 0.261. The highest BCUT2D eigenvalue weighted by atomic mass is 16.2. The van der Waals surface area contributed by atoms with Gasteiger partial charge in [-0.15, -0.1) is 0 Å².